The lowest BCUT2D eigenvalue weighted by Crippen LogP contribution is -2.12. The summed E-state index contributed by atoms with van der Waals surface area (Å²) < 4.78 is 2.02. The zero-order chi connectivity index (χ0) is 12.4. The minimum absolute atomic E-state index is 0.293. The number of rotatable bonds is 4. The average molecular weight is 262 g/mol. The minimum Gasteiger partial charge on any atom is -0.392 e. The third-order valence-electron chi connectivity index (χ3n) is 3.47. The van der Waals surface area contributed by atoms with Gasteiger partial charge in [-0.25, -0.2) is 4.98 Å². The number of hydrogen-bond donors (Lipinski definition) is 1. The summed E-state index contributed by atoms with van der Waals surface area (Å²) in [5.41, 5.74) is 2.42. The average Bonchev–Trinajstić information content (AvgIpc) is 2.90. The van der Waals surface area contributed by atoms with Gasteiger partial charge in [0.25, 0.3) is 0 Å². The first-order valence-electron chi connectivity index (χ1n) is 6.58. The second-order valence-corrected chi connectivity index (χ2v) is 5.87. The van der Waals surface area contributed by atoms with E-state index in [-0.39, 0.29) is 6.10 Å². The van der Waals surface area contributed by atoms with Gasteiger partial charge in [-0.3, -0.25) is 4.40 Å². The first-order valence-corrected chi connectivity index (χ1v) is 7.46. The lowest BCUT2D eigenvalue weighted by atomic mass is 9.94. The van der Waals surface area contributed by atoms with E-state index in [2.05, 4.69) is 11.1 Å². The molecule has 0 bridgehead atoms. The van der Waals surface area contributed by atoms with Gasteiger partial charge in [0.1, 0.15) is 0 Å². The number of fused-ring (bicyclic) bond motifs is 1. The number of aliphatic hydroxyl groups is 1. The van der Waals surface area contributed by atoms with Crippen LogP contribution in [0.25, 0.3) is 4.96 Å². The van der Waals surface area contributed by atoms with Crippen LogP contribution in [-0.4, -0.2) is 20.6 Å². The molecule has 3 nitrogen and oxygen atoms in total. The van der Waals surface area contributed by atoms with Crippen molar-refractivity contribution in [2.45, 2.75) is 44.6 Å². The summed E-state index contributed by atoms with van der Waals surface area (Å²) in [6.07, 6.45) is 12.4. The molecule has 2 aromatic rings. The molecule has 0 saturated heterocycles. The Morgan fingerprint density at radius 3 is 3.11 bits per heavy atom. The number of allylic oxidation sites excluding steroid dienone is 1. The molecule has 18 heavy (non-hydrogen) atoms. The summed E-state index contributed by atoms with van der Waals surface area (Å²) >= 11 is 1.63. The Morgan fingerprint density at radius 1 is 1.39 bits per heavy atom. The van der Waals surface area contributed by atoms with E-state index in [0.717, 1.165) is 23.5 Å². The van der Waals surface area contributed by atoms with Gasteiger partial charge in [-0.1, -0.05) is 11.6 Å². The van der Waals surface area contributed by atoms with E-state index in [0.29, 0.717) is 6.42 Å². The number of imidazole rings is 1. The van der Waals surface area contributed by atoms with Crippen molar-refractivity contribution in [1.29, 1.82) is 0 Å². The first-order chi connectivity index (χ1) is 8.81. The fourth-order valence-electron chi connectivity index (χ4n) is 2.58. The van der Waals surface area contributed by atoms with Gasteiger partial charge in [-0.15, -0.1) is 11.3 Å². The van der Waals surface area contributed by atoms with Gasteiger partial charge in [-0.2, -0.15) is 0 Å². The number of thiazole rings is 1. The molecule has 0 saturated carbocycles. The minimum atomic E-state index is -0.293. The van der Waals surface area contributed by atoms with Crippen molar-refractivity contribution in [2.24, 2.45) is 0 Å². The quantitative estimate of drug-likeness (QED) is 0.859. The van der Waals surface area contributed by atoms with Gasteiger partial charge in [0.2, 0.25) is 0 Å². The van der Waals surface area contributed by atoms with E-state index in [1.165, 1.54) is 24.8 Å². The molecule has 0 aliphatic heterocycles. The van der Waals surface area contributed by atoms with Crippen LogP contribution in [0.15, 0.2) is 29.4 Å². The van der Waals surface area contributed by atoms with Gasteiger partial charge in [0, 0.05) is 24.2 Å². The predicted octanol–water partition coefficient (Wildman–Crippen LogP) is 3.19. The van der Waals surface area contributed by atoms with Crippen molar-refractivity contribution in [3.05, 3.63) is 35.1 Å². The van der Waals surface area contributed by atoms with Gasteiger partial charge < -0.3 is 5.11 Å². The number of aliphatic hydroxyl groups excluding tert-OH is 1. The van der Waals surface area contributed by atoms with Crippen LogP contribution >= 0.6 is 11.3 Å². The zero-order valence-electron chi connectivity index (χ0n) is 10.4. The van der Waals surface area contributed by atoms with Crippen LogP contribution in [0.5, 0.6) is 0 Å². The van der Waals surface area contributed by atoms with E-state index < -0.39 is 0 Å². The fourth-order valence-corrected chi connectivity index (χ4v) is 3.30. The highest BCUT2D eigenvalue weighted by atomic mass is 32.1. The Kier molecular flexibility index (Phi) is 3.48. The molecule has 0 radical (unpaired) electrons. The van der Waals surface area contributed by atoms with Gasteiger partial charge in [-0.05, 0) is 32.1 Å². The monoisotopic (exact) mass is 262 g/mol. The van der Waals surface area contributed by atoms with E-state index in [1.807, 2.05) is 22.2 Å². The molecular weight excluding hydrogens is 244 g/mol. The molecule has 0 aromatic carbocycles. The maximum absolute atomic E-state index is 10.1. The van der Waals surface area contributed by atoms with E-state index >= 15 is 0 Å². The van der Waals surface area contributed by atoms with Gasteiger partial charge in [0.05, 0.1) is 11.8 Å². The van der Waals surface area contributed by atoms with Crippen molar-refractivity contribution in [3.63, 3.8) is 0 Å². The van der Waals surface area contributed by atoms with E-state index in [1.54, 1.807) is 11.3 Å². The first kappa shape index (κ1) is 11.9. The lowest BCUT2D eigenvalue weighted by molar-refractivity contribution is 0.172. The third-order valence-corrected chi connectivity index (χ3v) is 4.24. The smallest absolute Gasteiger partial charge is 0.193 e. The summed E-state index contributed by atoms with van der Waals surface area (Å²) in [5, 5.41) is 12.2. The van der Waals surface area contributed by atoms with Crippen molar-refractivity contribution >= 4 is 16.3 Å². The maximum Gasteiger partial charge on any atom is 0.193 e. The maximum atomic E-state index is 10.1. The number of aromatic nitrogens is 2. The molecule has 2 aromatic heterocycles. The zero-order valence-corrected chi connectivity index (χ0v) is 11.2. The van der Waals surface area contributed by atoms with Crippen molar-refractivity contribution < 1.29 is 5.11 Å². The van der Waals surface area contributed by atoms with Crippen molar-refractivity contribution in [3.8, 4) is 0 Å². The van der Waals surface area contributed by atoms with Gasteiger partial charge in [0.15, 0.2) is 4.96 Å². The van der Waals surface area contributed by atoms with Crippen LogP contribution in [0.1, 0.15) is 37.8 Å². The molecule has 0 spiro atoms. The second-order valence-electron chi connectivity index (χ2n) is 5.00. The van der Waals surface area contributed by atoms with Crippen LogP contribution in [0.3, 0.4) is 0 Å². The molecule has 0 amide bonds. The van der Waals surface area contributed by atoms with Crippen LogP contribution in [0.2, 0.25) is 0 Å². The predicted molar refractivity (Wildman–Crippen MR) is 73.9 cm³/mol. The molecule has 1 unspecified atom stereocenters. The second kappa shape index (κ2) is 5.24. The highest BCUT2D eigenvalue weighted by Gasteiger charge is 2.13. The molecule has 3 rings (SSSR count). The SMILES string of the molecule is OC(CC1=CCCCC1)Cc1cn2ccsc2n1. The normalized spacial score (nSPS) is 17.9. The summed E-state index contributed by atoms with van der Waals surface area (Å²) in [7, 11) is 0. The highest BCUT2D eigenvalue weighted by molar-refractivity contribution is 7.15. The topological polar surface area (TPSA) is 37.5 Å². The Labute approximate surface area is 111 Å². The molecule has 96 valence electrons. The molecule has 1 N–H and O–H groups in total. The largest absolute Gasteiger partial charge is 0.392 e. The number of nitrogens with zero attached hydrogens (tertiary/aromatic N) is 2. The Bertz CT molecular complexity index is 526. The van der Waals surface area contributed by atoms with Crippen LogP contribution < -0.4 is 0 Å². The van der Waals surface area contributed by atoms with E-state index in [4.69, 9.17) is 0 Å². The molecule has 1 atom stereocenters. The Balaban J connectivity index is 1.61. The summed E-state index contributed by atoms with van der Waals surface area (Å²) in [4.78, 5) is 5.52. The summed E-state index contributed by atoms with van der Waals surface area (Å²) in [6.45, 7) is 0. The molecule has 0 fully saturated rings. The summed E-state index contributed by atoms with van der Waals surface area (Å²) in [5.74, 6) is 0. The third kappa shape index (κ3) is 2.65. The lowest BCUT2D eigenvalue weighted by Gasteiger charge is -2.15. The molecule has 1 aliphatic rings. The molecular formula is C14H18N2OS. The van der Waals surface area contributed by atoms with Crippen LogP contribution in [-0.2, 0) is 6.42 Å². The summed E-state index contributed by atoms with van der Waals surface area (Å²) in [6, 6.07) is 0. The molecule has 4 heteroatoms. The number of hydrogen-bond acceptors (Lipinski definition) is 3. The van der Waals surface area contributed by atoms with E-state index in [9.17, 15) is 5.11 Å². The fraction of sp³-hybridized carbons (Fsp3) is 0.500. The standard InChI is InChI=1S/C14H18N2OS/c17-13(8-11-4-2-1-3-5-11)9-12-10-16-6-7-18-14(16)15-12/h4,6-7,10,13,17H,1-3,5,8-9H2. The Morgan fingerprint density at radius 2 is 2.33 bits per heavy atom. The molecule has 2 heterocycles. The Hall–Kier alpha value is -1.13. The van der Waals surface area contributed by atoms with Crippen LogP contribution in [0, 0.1) is 0 Å². The van der Waals surface area contributed by atoms with Gasteiger partial charge >= 0.3 is 0 Å². The highest BCUT2D eigenvalue weighted by Crippen LogP contribution is 2.22. The van der Waals surface area contributed by atoms with Crippen molar-refractivity contribution in [2.75, 3.05) is 0 Å². The van der Waals surface area contributed by atoms with Crippen LogP contribution in [0.4, 0.5) is 0 Å². The molecule has 1 aliphatic carbocycles. The van der Waals surface area contributed by atoms with Crippen molar-refractivity contribution in [1.82, 2.24) is 9.38 Å².